The Bertz CT molecular complexity index is 1060. The van der Waals surface area contributed by atoms with Crippen LogP contribution in [0.1, 0.15) is 11.1 Å². The number of hydrogen-bond donors (Lipinski definition) is 3. The van der Waals surface area contributed by atoms with Gasteiger partial charge in [-0.25, -0.2) is 4.39 Å². The Morgan fingerprint density at radius 2 is 1.62 bits per heavy atom. The van der Waals surface area contributed by atoms with Gasteiger partial charge >= 0.3 is 0 Å². The number of amidine groups is 2. The van der Waals surface area contributed by atoms with Gasteiger partial charge < -0.3 is 5.32 Å². The van der Waals surface area contributed by atoms with E-state index in [2.05, 4.69) is 5.32 Å². The van der Waals surface area contributed by atoms with Gasteiger partial charge in [0.15, 0.2) is 0 Å². The zero-order chi connectivity index (χ0) is 17.0. The molecule has 0 aromatic heterocycles. The van der Waals surface area contributed by atoms with Gasteiger partial charge in [-0.2, -0.15) is 0 Å². The van der Waals surface area contributed by atoms with Gasteiger partial charge in [0, 0.05) is 16.7 Å². The lowest BCUT2D eigenvalue weighted by Crippen LogP contribution is -2.20. The third-order valence-electron chi connectivity index (χ3n) is 4.06. The van der Waals surface area contributed by atoms with Crippen molar-refractivity contribution in [2.45, 2.75) is 0 Å². The molecule has 0 atom stereocenters. The molecule has 24 heavy (non-hydrogen) atoms. The molecule has 0 spiro atoms. The van der Waals surface area contributed by atoms with Crippen LogP contribution in [0, 0.1) is 16.6 Å². The van der Waals surface area contributed by atoms with E-state index in [4.69, 9.17) is 34.0 Å². The van der Waals surface area contributed by atoms with Crippen molar-refractivity contribution in [2.24, 2.45) is 0 Å². The fourth-order valence-corrected chi connectivity index (χ4v) is 3.39. The quantitative estimate of drug-likeness (QED) is 0.550. The number of nitrogens with one attached hydrogen (secondary N) is 3. The van der Waals surface area contributed by atoms with Crippen molar-refractivity contribution in [3.8, 4) is 11.1 Å². The molecule has 3 aromatic rings. The van der Waals surface area contributed by atoms with E-state index in [0.29, 0.717) is 32.3 Å². The SMILES string of the molecule is N=C1NC(=N)c2c1cc1cc(Cl)c(Cl)cc1c2-c1cccc(F)c1. The highest BCUT2D eigenvalue weighted by molar-refractivity contribution is 6.43. The van der Waals surface area contributed by atoms with Crippen LogP contribution in [0.25, 0.3) is 21.9 Å². The van der Waals surface area contributed by atoms with Crippen molar-refractivity contribution in [3.63, 3.8) is 0 Å². The summed E-state index contributed by atoms with van der Waals surface area (Å²) in [6.45, 7) is 0. The molecule has 0 fully saturated rings. The number of rotatable bonds is 1. The highest BCUT2D eigenvalue weighted by Gasteiger charge is 2.27. The summed E-state index contributed by atoms with van der Waals surface area (Å²) in [5, 5.41) is 21.3. The van der Waals surface area contributed by atoms with Gasteiger partial charge in [-0.3, -0.25) is 10.8 Å². The minimum atomic E-state index is -0.370. The average Bonchev–Trinajstić information content (AvgIpc) is 2.81. The number of fused-ring (bicyclic) bond motifs is 2. The van der Waals surface area contributed by atoms with Crippen molar-refractivity contribution in [2.75, 3.05) is 0 Å². The van der Waals surface area contributed by atoms with E-state index in [1.54, 1.807) is 30.3 Å². The number of hydrogen-bond acceptors (Lipinski definition) is 2. The summed E-state index contributed by atoms with van der Waals surface area (Å²) in [7, 11) is 0. The molecule has 1 aliphatic heterocycles. The van der Waals surface area contributed by atoms with Crippen molar-refractivity contribution in [1.82, 2.24) is 5.32 Å². The Morgan fingerprint density at radius 3 is 2.38 bits per heavy atom. The van der Waals surface area contributed by atoms with Crippen LogP contribution in [0.3, 0.4) is 0 Å². The van der Waals surface area contributed by atoms with Crippen molar-refractivity contribution in [3.05, 3.63) is 69.5 Å². The molecular formula is C18H10Cl2FN3. The lowest BCUT2D eigenvalue weighted by atomic mass is 9.90. The summed E-state index contributed by atoms with van der Waals surface area (Å²) in [6.07, 6.45) is 0. The fourth-order valence-electron chi connectivity index (χ4n) is 3.05. The summed E-state index contributed by atoms with van der Waals surface area (Å²) in [5.74, 6) is -0.117. The third-order valence-corrected chi connectivity index (χ3v) is 4.79. The molecule has 3 aromatic carbocycles. The first-order valence-corrected chi connectivity index (χ1v) is 7.88. The molecule has 0 saturated heterocycles. The molecule has 1 heterocycles. The average molecular weight is 358 g/mol. The zero-order valence-electron chi connectivity index (χ0n) is 12.2. The molecule has 0 unspecified atom stereocenters. The number of halogens is 3. The second kappa shape index (κ2) is 5.30. The maximum atomic E-state index is 13.8. The first-order chi connectivity index (χ1) is 11.5. The highest BCUT2D eigenvalue weighted by Crippen LogP contribution is 2.39. The van der Waals surface area contributed by atoms with Crippen molar-refractivity contribution >= 4 is 45.6 Å². The predicted octanol–water partition coefficient (Wildman–Crippen LogP) is 5.21. The van der Waals surface area contributed by atoms with Crippen LogP contribution in [-0.2, 0) is 0 Å². The molecule has 6 heteroatoms. The van der Waals surface area contributed by atoms with Crippen LogP contribution in [0.15, 0.2) is 42.5 Å². The van der Waals surface area contributed by atoms with Crippen LogP contribution in [0.2, 0.25) is 10.0 Å². The Morgan fingerprint density at radius 1 is 0.875 bits per heavy atom. The molecule has 3 N–H and O–H groups in total. The Balaban J connectivity index is 2.20. The van der Waals surface area contributed by atoms with Gasteiger partial charge in [-0.15, -0.1) is 0 Å². The van der Waals surface area contributed by atoms with E-state index < -0.39 is 0 Å². The molecule has 0 radical (unpaired) electrons. The maximum Gasteiger partial charge on any atom is 0.132 e. The van der Waals surface area contributed by atoms with Gasteiger partial charge in [0.25, 0.3) is 0 Å². The van der Waals surface area contributed by atoms with Gasteiger partial charge in [-0.05, 0) is 46.7 Å². The van der Waals surface area contributed by atoms with E-state index in [9.17, 15) is 4.39 Å². The smallest absolute Gasteiger partial charge is 0.132 e. The lowest BCUT2D eigenvalue weighted by Gasteiger charge is -2.13. The van der Waals surface area contributed by atoms with Gasteiger partial charge in [0.1, 0.15) is 17.5 Å². The highest BCUT2D eigenvalue weighted by atomic mass is 35.5. The van der Waals surface area contributed by atoms with Crippen LogP contribution in [0.5, 0.6) is 0 Å². The predicted molar refractivity (Wildman–Crippen MR) is 96.2 cm³/mol. The fraction of sp³-hybridized carbons (Fsp3) is 0. The van der Waals surface area contributed by atoms with E-state index >= 15 is 0 Å². The molecule has 3 nitrogen and oxygen atoms in total. The molecule has 0 saturated carbocycles. The van der Waals surface area contributed by atoms with Gasteiger partial charge in [-0.1, -0.05) is 35.3 Å². The topological polar surface area (TPSA) is 59.7 Å². The van der Waals surface area contributed by atoms with E-state index in [1.807, 2.05) is 0 Å². The molecule has 118 valence electrons. The largest absolute Gasteiger partial charge is 0.325 e. The summed E-state index contributed by atoms with van der Waals surface area (Å²) in [6, 6.07) is 11.4. The lowest BCUT2D eigenvalue weighted by molar-refractivity contribution is 0.628. The van der Waals surface area contributed by atoms with Crippen LogP contribution < -0.4 is 5.32 Å². The Hall–Kier alpha value is -2.43. The molecule has 4 rings (SSSR count). The van der Waals surface area contributed by atoms with Gasteiger partial charge in [0.2, 0.25) is 0 Å². The maximum absolute atomic E-state index is 13.8. The van der Waals surface area contributed by atoms with Crippen LogP contribution in [-0.4, -0.2) is 11.7 Å². The first kappa shape index (κ1) is 15.1. The second-order valence-electron chi connectivity index (χ2n) is 5.55. The molecule has 0 amide bonds. The van der Waals surface area contributed by atoms with Crippen molar-refractivity contribution < 1.29 is 4.39 Å². The second-order valence-corrected chi connectivity index (χ2v) is 6.36. The summed E-state index contributed by atoms with van der Waals surface area (Å²) >= 11 is 12.3. The Labute approximate surface area is 147 Å². The van der Waals surface area contributed by atoms with Gasteiger partial charge in [0.05, 0.1) is 10.0 Å². The zero-order valence-corrected chi connectivity index (χ0v) is 13.7. The molecular weight excluding hydrogens is 348 g/mol. The molecule has 0 aliphatic carbocycles. The standard InChI is InChI=1S/C18H10Cl2FN3/c19-13-6-9-5-12-16(18(23)24-17(12)22)15(11(9)7-14(13)20)8-2-1-3-10(21)4-8/h1-7H,(H3,22,23,24). The van der Waals surface area contributed by atoms with E-state index in [-0.39, 0.29) is 17.5 Å². The summed E-state index contributed by atoms with van der Waals surface area (Å²) < 4.78 is 13.8. The minimum absolute atomic E-state index is 0.113. The monoisotopic (exact) mass is 357 g/mol. The third kappa shape index (κ3) is 2.19. The van der Waals surface area contributed by atoms with Crippen molar-refractivity contribution in [1.29, 1.82) is 10.8 Å². The molecule has 1 aliphatic rings. The summed E-state index contributed by atoms with van der Waals surface area (Å²) in [5.41, 5.74) is 2.44. The molecule has 0 bridgehead atoms. The van der Waals surface area contributed by atoms with Crippen LogP contribution in [0.4, 0.5) is 4.39 Å². The Kier molecular flexibility index (Phi) is 3.34. The number of benzene rings is 3. The minimum Gasteiger partial charge on any atom is -0.325 e. The van der Waals surface area contributed by atoms with Crippen LogP contribution >= 0.6 is 23.2 Å². The first-order valence-electron chi connectivity index (χ1n) is 7.12. The normalized spacial score (nSPS) is 13.3. The van der Waals surface area contributed by atoms with E-state index in [0.717, 1.165) is 10.8 Å². The van der Waals surface area contributed by atoms with E-state index in [1.165, 1.54) is 12.1 Å². The summed E-state index contributed by atoms with van der Waals surface area (Å²) in [4.78, 5) is 0.